The molecule has 0 amide bonds. The van der Waals surface area contributed by atoms with E-state index in [1.54, 1.807) is 4.31 Å². The van der Waals surface area contributed by atoms with Crippen LogP contribution in [0.15, 0.2) is 4.99 Å². The molecular formula is C12H26N4O2S. The van der Waals surface area contributed by atoms with Crippen LogP contribution in [0.3, 0.4) is 0 Å². The van der Waals surface area contributed by atoms with E-state index in [1.807, 2.05) is 38.0 Å². The van der Waals surface area contributed by atoms with Crippen molar-refractivity contribution in [1.82, 2.24) is 14.1 Å². The Balaban J connectivity index is 2.81. The number of hydrogen-bond donors (Lipinski definition) is 0. The van der Waals surface area contributed by atoms with Gasteiger partial charge in [-0.05, 0) is 12.8 Å². The van der Waals surface area contributed by atoms with Gasteiger partial charge in [0.1, 0.15) is 0 Å². The Kier molecular flexibility index (Phi) is 5.61. The summed E-state index contributed by atoms with van der Waals surface area (Å²) in [6.07, 6.45) is 4.20. The SMILES string of the molecule is CN(C)C(=NCC1CCCCN1S(C)(=O)=O)N(C)C. The van der Waals surface area contributed by atoms with Crippen molar-refractivity contribution >= 4 is 16.0 Å². The quantitative estimate of drug-likeness (QED) is 0.553. The van der Waals surface area contributed by atoms with Crippen molar-refractivity contribution in [3.05, 3.63) is 0 Å². The number of aliphatic imine (C=N–C) groups is 1. The predicted octanol–water partition coefficient (Wildman–Crippen LogP) is 0.280. The van der Waals surface area contributed by atoms with E-state index in [4.69, 9.17) is 0 Å². The van der Waals surface area contributed by atoms with Gasteiger partial charge in [-0.1, -0.05) is 6.42 Å². The molecule has 1 aliphatic rings. The Morgan fingerprint density at radius 3 is 2.26 bits per heavy atom. The number of sulfonamides is 1. The fourth-order valence-corrected chi connectivity index (χ4v) is 3.64. The van der Waals surface area contributed by atoms with E-state index in [0.29, 0.717) is 13.1 Å². The molecule has 0 aromatic heterocycles. The van der Waals surface area contributed by atoms with Crippen LogP contribution in [0, 0.1) is 0 Å². The molecule has 1 atom stereocenters. The monoisotopic (exact) mass is 290 g/mol. The molecule has 112 valence electrons. The molecule has 0 aromatic rings. The molecule has 0 spiro atoms. The normalized spacial score (nSPS) is 21.0. The van der Waals surface area contributed by atoms with Crippen molar-refractivity contribution in [2.24, 2.45) is 4.99 Å². The standard InChI is InChI=1S/C12H26N4O2S/c1-14(2)12(15(3)4)13-10-11-8-6-7-9-16(11)19(5,17)18/h11H,6-10H2,1-5H3. The lowest BCUT2D eigenvalue weighted by Crippen LogP contribution is -2.45. The smallest absolute Gasteiger partial charge is 0.211 e. The van der Waals surface area contributed by atoms with Gasteiger partial charge in [-0.15, -0.1) is 0 Å². The maximum Gasteiger partial charge on any atom is 0.211 e. The van der Waals surface area contributed by atoms with Gasteiger partial charge in [0, 0.05) is 40.8 Å². The average Bonchev–Trinajstić information content (AvgIpc) is 2.27. The highest BCUT2D eigenvalue weighted by Crippen LogP contribution is 2.20. The Morgan fingerprint density at radius 2 is 1.79 bits per heavy atom. The number of hydrogen-bond acceptors (Lipinski definition) is 3. The lowest BCUT2D eigenvalue weighted by Gasteiger charge is -2.33. The maximum atomic E-state index is 11.8. The lowest BCUT2D eigenvalue weighted by atomic mass is 10.1. The second-order valence-electron chi connectivity index (χ2n) is 5.45. The summed E-state index contributed by atoms with van der Waals surface area (Å²) in [7, 11) is 4.63. The van der Waals surface area contributed by atoms with Crippen LogP contribution in [0.25, 0.3) is 0 Å². The van der Waals surface area contributed by atoms with Crippen molar-refractivity contribution in [1.29, 1.82) is 0 Å². The lowest BCUT2D eigenvalue weighted by molar-refractivity contribution is 0.258. The molecule has 0 radical (unpaired) electrons. The largest absolute Gasteiger partial charge is 0.349 e. The second kappa shape index (κ2) is 6.56. The topological polar surface area (TPSA) is 56.2 Å². The fraction of sp³-hybridized carbons (Fsp3) is 0.917. The van der Waals surface area contributed by atoms with Crippen molar-refractivity contribution < 1.29 is 8.42 Å². The van der Waals surface area contributed by atoms with Gasteiger partial charge < -0.3 is 9.80 Å². The molecule has 1 saturated heterocycles. The highest BCUT2D eigenvalue weighted by Gasteiger charge is 2.29. The molecule has 19 heavy (non-hydrogen) atoms. The Morgan fingerprint density at radius 1 is 1.21 bits per heavy atom. The van der Waals surface area contributed by atoms with Crippen LogP contribution < -0.4 is 0 Å². The molecule has 1 heterocycles. The van der Waals surface area contributed by atoms with E-state index >= 15 is 0 Å². The van der Waals surface area contributed by atoms with Crippen molar-refractivity contribution in [3.63, 3.8) is 0 Å². The minimum absolute atomic E-state index is 0.00125. The molecule has 7 heteroatoms. The number of nitrogens with zero attached hydrogens (tertiary/aromatic N) is 4. The summed E-state index contributed by atoms with van der Waals surface area (Å²) in [6, 6.07) is -0.00125. The summed E-state index contributed by atoms with van der Waals surface area (Å²) >= 11 is 0. The van der Waals surface area contributed by atoms with E-state index in [2.05, 4.69) is 4.99 Å². The summed E-state index contributed by atoms with van der Waals surface area (Å²) in [5, 5.41) is 0. The predicted molar refractivity (Wildman–Crippen MR) is 78.9 cm³/mol. The van der Waals surface area contributed by atoms with Crippen LogP contribution in [-0.2, 0) is 10.0 Å². The van der Waals surface area contributed by atoms with E-state index < -0.39 is 10.0 Å². The van der Waals surface area contributed by atoms with Crippen molar-refractivity contribution in [2.75, 3.05) is 47.5 Å². The Bertz CT molecular complexity index is 407. The first-order valence-electron chi connectivity index (χ1n) is 6.59. The first kappa shape index (κ1) is 16.2. The van der Waals surface area contributed by atoms with Gasteiger partial charge >= 0.3 is 0 Å². The summed E-state index contributed by atoms with van der Waals surface area (Å²) in [4.78, 5) is 8.45. The van der Waals surface area contributed by atoms with Crippen LogP contribution in [0.4, 0.5) is 0 Å². The third kappa shape index (κ3) is 4.65. The molecule has 1 rings (SSSR count). The van der Waals surface area contributed by atoms with E-state index in [1.165, 1.54) is 6.26 Å². The number of guanidine groups is 1. The van der Waals surface area contributed by atoms with E-state index in [9.17, 15) is 8.42 Å². The second-order valence-corrected chi connectivity index (χ2v) is 7.39. The summed E-state index contributed by atoms with van der Waals surface area (Å²) < 4.78 is 25.1. The van der Waals surface area contributed by atoms with Gasteiger partial charge in [-0.2, -0.15) is 4.31 Å². The molecule has 0 saturated carbocycles. The van der Waals surface area contributed by atoms with Gasteiger partial charge in [-0.25, -0.2) is 8.42 Å². The minimum Gasteiger partial charge on any atom is -0.349 e. The van der Waals surface area contributed by atoms with Crippen molar-refractivity contribution in [2.45, 2.75) is 25.3 Å². The van der Waals surface area contributed by atoms with Crippen LogP contribution >= 0.6 is 0 Å². The molecular weight excluding hydrogens is 264 g/mol. The highest BCUT2D eigenvalue weighted by atomic mass is 32.2. The Hall–Kier alpha value is -0.820. The van der Waals surface area contributed by atoms with Crippen LogP contribution in [0.5, 0.6) is 0 Å². The number of rotatable bonds is 3. The van der Waals surface area contributed by atoms with Crippen LogP contribution in [-0.4, -0.2) is 82.1 Å². The van der Waals surface area contributed by atoms with Crippen molar-refractivity contribution in [3.8, 4) is 0 Å². The minimum atomic E-state index is -3.13. The van der Waals surface area contributed by atoms with Gasteiger partial charge in [0.25, 0.3) is 0 Å². The molecule has 1 fully saturated rings. The molecule has 0 bridgehead atoms. The Labute approximate surface area is 117 Å². The van der Waals surface area contributed by atoms with Gasteiger partial charge in [0.15, 0.2) is 5.96 Å². The fourth-order valence-electron chi connectivity index (χ4n) is 2.46. The van der Waals surface area contributed by atoms with Gasteiger partial charge in [-0.3, -0.25) is 4.99 Å². The number of piperidine rings is 1. The zero-order valence-corrected chi connectivity index (χ0v) is 13.4. The van der Waals surface area contributed by atoms with Gasteiger partial charge in [0.2, 0.25) is 10.0 Å². The maximum absolute atomic E-state index is 11.8. The summed E-state index contributed by atoms with van der Waals surface area (Å²) in [5.74, 6) is 0.860. The van der Waals surface area contributed by atoms with E-state index in [-0.39, 0.29) is 6.04 Å². The molecule has 1 aliphatic heterocycles. The first-order valence-corrected chi connectivity index (χ1v) is 8.44. The zero-order chi connectivity index (χ0) is 14.6. The van der Waals surface area contributed by atoms with E-state index in [0.717, 1.165) is 25.2 Å². The zero-order valence-electron chi connectivity index (χ0n) is 12.6. The summed E-state index contributed by atoms with van der Waals surface area (Å²) in [6.45, 7) is 1.15. The third-order valence-electron chi connectivity index (χ3n) is 3.24. The molecule has 0 aromatic carbocycles. The molecule has 0 aliphatic carbocycles. The van der Waals surface area contributed by atoms with Crippen LogP contribution in [0.1, 0.15) is 19.3 Å². The molecule has 0 N–H and O–H groups in total. The molecule has 6 nitrogen and oxygen atoms in total. The van der Waals surface area contributed by atoms with Gasteiger partial charge in [0.05, 0.1) is 12.8 Å². The highest BCUT2D eigenvalue weighted by molar-refractivity contribution is 7.88. The average molecular weight is 290 g/mol. The third-order valence-corrected chi connectivity index (χ3v) is 4.58. The van der Waals surface area contributed by atoms with Crippen LogP contribution in [0.2, 0.25) is 0 Å². The summed E-state index contributed by atoms with van der Waals surface area (Å²) in [5.41, 5.74) is 0. The molecule has 1 unspecified atom stereocenters. The first-order chi connectivity index (χ1) is 8.73.